The fourth-order valence-electron chi connectivity index (χ4n) is 1.02. The van der Waals surface area contributed by atoms with Gasteiger partial charge in [-0.3, -0.25) is 4.99 Å². The molecule has 1 unspecified atom stereocenters. The molecule has 0 radical (unpaired) electrons. The lowest BCUT2D eigenvalue weighted by Crippen LogP contribution is -2.30. The van der Waals surface area contributed by atoms with Crippen molar-refractivity contribution in [1.82, 2.24) is 10.6 Å². The Kier molecular flexibility index (Phi) is 7.30. The molecule has 0 spiro atoms. The van der Waals surface area contributed by atoms with E-state index in [1.54, 1.807) is 6.20 Å². The van der Waals surface area contributed by atoms with Gasteiger partial charge in [0.2, 0.25) is 0 Å². The average Bonchev–Trinajstić information content (AvgIpc) is 2.16. The van der Waals surface area contributed by atoms with Gasteiger partial charge in [0.1, 0.15) is 0 Å². The Hall–Kier alpha value is -0.830. The molecule has 0 aromatic heterocycles. The maximum absolute atomic E-state index is 4.39. The summed E-state index contributed by atoms with van der Waals surface area (Å²) in [6.07, 6.45) is 5.82. The molecule has 0 fully saturated rings. The molecule has 0 saturated heterocycles. The highest BCUT2D eigenvalue weighted by molar-refractivity contribution is 5.89. The topological polar surface area (TPSA) is 36.4 Å². The molecule has 0 aliphatic carbocycles. The van der Waals surface area contributed by atoms with E-state index in [0.29, 0.717) is 6.04 Å². The van der Waals surface area contributed by atoms with Crippen LogP contribution in [0.1, 0.15) is 26.7 Å². The maximum Gasteiger partial charge on any atom is 0.0424 e. The molecule has 13 heavy (non-hydrogen) atoms. The fourth-order valence-corrected chi connectivity index (χ4v) is 1.02. The summed E-state index contributed by atoms with van der Waals surface area (Å²) in [6, 6.07) is 0.362. The zero-order valence-corrected chi connectivity index (χ0v) is 9.09. The lowest BCUT2D eigenvalue weighted by molar-refractivity contribution is 0.740. The molecular weight excluding hydrogens is 162 g/mol. The van der Waals surface area contributed by atoms with Crippen LogP contribution in [0.15, 0.2) is 17.4 Å². The van der Waals surface area contributed by atoms with Crippen molar-refractivity contribution in [3.63, 3.8) is 0 Å². The first kappa shape index (κ1) is 12.2. The molecular formula is C10H21N3. The Bertz CT molecular complexity index is 173. The highest BCUT2D eigenvalue weighted by atomic mass is 14.9. The fraction of sp³-hybridized carbons (Fsp3) is 0.700. The van der Waals surface area contributed by atoms with Crippen molar-refractivity contribution in [2.75, 3.05) is 14.1 Å². The van der Waals surface area contributed by atoms with Crippen molar-refractivity contribution in [3.05, 3.63) is 12.4 Å². The molecule has 3 heteroatoms. The second-order valence-electron chi connectivity index (χ2n) is 2.99. The number of hydrogen-bond acceptors (Lipinski definition) is 3. The quantitative estimate of drug-likeness (QED) is 0.613. The average molecular weight is 183 g/mol. The smallest absolute Gasteiger partial charge is 0.0424 e. The van der Waals surface area contributed by atoms with Gasteiger partial charge in [-0.05, 0) is 20.4 Å². The van der Waals surface area contributed by atoms with E-state index < -0.39 is 0 Å². The Morgan fingerprint density at radius 1 is 1.46 bits per heavy atom. The van der Waals surface area contributed by atoms with Crippen molar-refractivity contribution in [1.29, 1.82) is 0 Å². The van der Waals surface area contributed by atoms with Crippen LogP contribution in [0.25, 0.3) is 0 Å². The van der Waals surface area contributed by atoms with Crippen LogP contribution in [0.3, 0.4) is 0 Å². The lowest BCUT2D eigenvalue weighted by Gasteiger charge is -2.12. The van der Waals surface area contributed by atoms with Crippen molar-refractivity contribution in [2.45, 2.75) is 32.7 Å². The standard InChI is InChI=1S/C10H21N3/c1-5-6-10(9(2)12-4)13-8-7-11-3/h7-9,11-12H,5-6H2,1-4H3/b8-7-,13-10-. The van der Waals surface area contributed by atoms with Gasteiger partial charge in [-0.2, -0.15) is 0 Å². The Labute approximate surface area is 81.3 Å². The van der Waals surface area contributed by atoms with Crippen LogP contribution in [-0.4, -0.2) is 25.8 Å². The van der Waals surface area contributed by atoms with Gasteiger partial charge in [0.15, 0.2) is 0 Å². The molecule has 0 saturated carbocycles. The van der Waals surface area contributed by atoms with Gasteiger partial charge in [-0.15, -0.1) is 0 Å². The van der Waals surface area contributed by atoms with E-state index in [4.69, 9.17) is 0 Å². The van der Waals surface area contributed by atoms with Crippen LogP contribution in [0, 0.1) is 0 Å². The third-order valence-corrected chi connectivity index (χ3v) is 1.92. The Morgan fingerprint density at radius 2 is 2.15 bits per heavy atom. The van der Waals surface area contributed by atoms with Crippen molar-refractivity contribution in [3.8, 4) is 0 Å². The van der Waals surface area contributed by atoms with Crippen molar-refractivity contribution < 1.29 is 0 Å². The zero-order chi connectivity index (χ0) is 10.1. The minimum Gasteiger partial charge on any atom is -0.393 e. The Balaban J connectivity index is 4.21. The van der Waals surface area contributed by atoms with Gasteiger partial charge in [-0.1, -0.05) is 13.3 Å². The number of nitrogens with one attached hydrogen (secondary N) is 2. The molecule has 0 aliphatic rings. The minimum atomic E-state index is 0.362. The monoisotopic (exact) mass is 183 g/mol. The molecule has 3 nitrogen and oxygen atoms in total. The summed E-state index contributed by atoms with van der Waals surface area (Å²) in [7, 11) is 3.82. The predicted octanol–water partition coefficient (Wildman–Crippen LogP) is 1.53. The summed E-state index contributed by atoms with van der Waals surface area (Å²) >= 11 is 0. The van der Waals surface area contributed by atoms with Crippen LogP contribution in [0.5, 0.6) is 0 Å². The van der Waals surface area contributed by atoms with E-state index in [0.717, 1.165) is 12.8 Å². The van der Waals surface area contributed by atoms with Crippen molar-refractivity contribution in [2.24, 2.45) is 4.99 Å². The summed E-state index contributed by atoms with van der Waals surface area (Å²) in [5, 5.41) is 6.11. The van der Waals surface area contributed by atoms with E-state index in [-0.39, 0.29) is 0 Å². The number of nitrogens with zero attached hydrogens (tertiary/aromatic N) is 1. The third-order valence-electron chi connectivity index (χ3n) is 1.92. The normalized spacial score (nSPS) is 14.9. The SMILES string of the molecule is CCC/C(=N/C=C\NC)C(C)NC. The highest BCUT2D eigenvalue weighted by Crippen LogP contribution is 1.98. The highest BCUT2D eigenvalue weighted by Gasteiger charge is 2.05. The maximum atomic E-state index is 4.39. The Morgan fingerprint density at radius 3 is 2.62 bits per heavy atom. The van der Waals surface area contributed by atoms with Crippen LogP contribution in [0.2, 0.25) is 0 Å². The number of rotatable bonds is 6. The van der Waals surface area contributed by atoms with Crippen LogP contribution in [-0.2, 0) is 0 Å². The van der Waals surface area contributed by atoms with Gasteiger partial charge in [0.05, 0.1) is 0 Å². The van der Waals surface area contributed by atoms with Gasteiger partial charge in [0.25, 0.3) is 0 Å². The van der Waals surface area contributed by atoms with E-state index in [1.807, 2.05) is 20.3 Å². The molecule has 0 amide bonds. The second-order valence-corrected chi connectivity index (χ2v) is 2.99. The van der Waals surface area contributed by atoms with Crippen LogP contribution < -0.4 is 10.6 Å². The molecule has 0 bridgehead atoms. The van der Waals surface area contributed by atoms with Crippen molar-refractivity contribution >= 4 is 5.71 Å². The summed E-state index contributed by atoms with van der Waals surface area (Å²) in [6.45, 7) is 4.29. The first-order chi connectivity index (χ1) is 6.26. The molecule has 0 rings (SSSR count). The van der Waals surface area contributed by atoms with Crippen LogP contribution >= 0.6 is 0 Å². The lowest BCUT2D eigenvalue weighted by atomic mass is 10.1. The zero-order valence-electron chi connectivity index (χ0n) is 9.09. The number of aliphatic imine (C=N–C) groups is 1. The van der Waals surface area contributed by atoms with Crippen LogP contribution in [0.4, 0.5) is 0 Å². The number of hydrogen-bond donors (Lipinski definition) is 2. The third kappa shape index (κ3) is 5.42. The first-order valence-corrected chi connectivity index (χ1v) is 4.82. The summed E-state index contributed by atoms with van der Waals surface area (Å²) in [4.78, 5) is 4.39. The summed E-state index contributed by atoms with van der Waals surface area (Å²) < 4.78 is 0. The predicted molar refractivity (Wildman–Crippen MR) is 59.1 cm³/mol. The van der Waals surface area contributed by atoms with E-state index in [2.05, 4.69) is 29.5 Å². The molecule has 0 aliphatic heterocycles. The molecule has 76 valence electrons. The van der Waals surface area contributed by atoms with Gasteiger partial charge < -0.3 is 10.6 Å². The molecule has 2 N–H and O–H groups in total. The molecule has 0 aromatic carbocycles. The van der Waals surface area contributed by atoms with Gasteiger partial charge >= 0.3 is 0 Å². The largest absolute Gasteiger partial charge is 0.393 e. The van der Waals surface area contributed by atoms with Gasteiger partial charge in [0, 0.05) is 31.2 Å². The molecule has 1 atom stereocenters. The van der Waals surface area contributed by atoms with Gasteiger partial charge in [-0.25, -0.2) is 0 Å². The molecule has 0 aromatic rings. The van der Waals surface area contributed by atoms with E-state index in [9.17, 15) is 0 Å². The second kappa shape index (κ2) is 7.80. The minimum absolute atomic E-state index is 0.362. The molecule has 0 heterocycles. The van der Waals surface area contributed by atoms with E-state index in [1.165, 1.54) is 5.71 Å². The summed E-state index contributed by atoms with van der Waals surface area (Å²) in [5.74, 6) is 0. The van der Waals surface area contributed by atoms with E-state index >= 15 is 0 Å². The first-order valence-electron chi connectivity index (χ1n) is 4.82. The summed E-state index contributed by atoms with van der Waals surface area (Å²) in [5.41, 5.74) is 1.21.